The Hall–Kier alpha value is -1.68. The predicted octanol–water partition coefficient (Wildman–Crippen LogP) is 2.68. The number of amides is 1. The Balaban J connectivity index is 2.06. The SMILES string of the molecule is Cc1cccc[n+]1CC(=O)Nc1ccccc1Br. The van der Waals surface area contributed by atoms with E-state index < -0.39 is 0 Å². The van der Waals surface area contributed by atoms with E-state index in [1.165, 1.54) is 0 Å². The van der Waals surface area contributed by atoms with E-state index in [1.807, 2.05) is 60.2 Å². The maximum absolute atomic E-state index is 11.9. The van der Waals surface area contributed by atoms with Crippen LogP contribution in [0.2, 0.25) is 0 Å². The van der Waals surface area contributed by atoms with Crippen molar-refractivity contribution in [3.63, 3.8) is 0 Å². The van der Waals surface area contributed by atoms with E-state index in [9.17, 15) is 4.79 Å². The number of nitrogens with one attached hydrogen (secondary N) is 1. The summed E-state index contributed by atoms with van der Waals surface area (Å²) >= 11 is 3.40. The van der Waals surface area contributed by atoms with Crippen LogP contribution in [-0.4, -0.2) is 5.91 Å². The van der Waals surface area contributed by atoms with E-state index >= 15 is 0 Å². The Morgan fingerprint density at radius 3 is 2.67 bits per heavy atom. The molecule has 1 amide bonds. The number of nitrogens with zero attached hydrogens (tertiary/aromatic N) is 1. The number of aryl methyl sites for hydroxylation is 1. The topological polar surface area (TPSA) is 33.0 Å². The summed E-state index contributed by atoms with van der Waals surface area (Å²) < 4.78 is 2.79. The van der Waals surface area contributed by atoms with Crippen molar-refractivity contribution >= 4 is 27.5 Å². The summed E-state index contributed by atoms with van der Waals surface area (Å²) in [5, 5.41) is 2.88. The number of anilines is 1. The Labute approximate surface area is 115 Å². The van der Waals surface area contributed by atoms with Crippen molar-refractivity contribution in [1.82, 2.24) is 0 Å². The zero-order valence-corrected chi connectivity index (χ0v) is 11.6. The number of carbonyl (C=O) groups excluding carboxylic acids is 1. The van der Waals surface area contributed by atoms with Crippen molar-refractivity contribution in [2.24, 2.45) is 0 Å². The number of pyridine rings is 1. The molecule has 0 saturated carbocycles. The van der Waals surface area contributed by atoms with Gasteiger partial charge in [-0.1, -0.05) is 18.2 Å². The number of rotatable bonds is 3. The third-order valence-corrected chi connectivity index (χ3v) is 3.32. The number of benzene rings is 1. The van der Waals surface area contributed by atoms with Crippen LogP contribution in [-0.2, 0) is 11.3 Å². The smallest absolute Gasteiger partial charge is 0.290 e. The molecule has 0 fully saturated rings. The maximum atomic E-state index is 11.9. The van der Waals surface area contributed by atoms with E-state index in [2.05, 4.69) is 21.2 Å². The molecular weight excluding hydrogens is 292 g/mol. The van der Waals surface area contributed by atoms with E-state index in [0.717, 1.165) is 15.9 Å². The van der Waals surface area contributed by atoms with Crippen LogP contribution in [0.15, 0.2) is 53.1 Å². The van der Waals surface area contributed by atoms with Gasteiger partial charge in [0.15, 0.2) is 11.9 Å². The molecule has 0 atom stereocenters. The fourth-order valence-corrected chi connectivity index (χ4v) is 2.03. The molecule has 0 aliphatic rings. The summed E-state index contributed by atoms with van der Waals surface area (Å²) in [5.41, 5.74) is 1.84. The van der Waals surface area contributed by atoms with Gasteiger partial charge in [0.25, 0.3) is 5.91 Å². The summed E-state index contributed by atoms with van der Waals surface area (Å²) in [7, 11) is 0. The number of para-hydroxylation sites is 1. The normalized spacial score (nSPS) is 10.1. The Bertz CT molecular complexity index is 520. The number of aromatic nitrogens is 1. The molecule has 1 aromatic carbocycles. The van der Waals surface area contributed by atoms with Crippen LogP contribution >= 0.6 is 15.9 Å². The molecule has 0 saturated heterocycles. The second-order valence-electron chi connectivity index (χ2n) is 4.00. The second-order valence-corrected chi connectivity index (χ2v) is 4.85. The molecule has 4 heteroatoms. The van der Waals surface area contributed by atoms with Gasteiger partial charge < -0.3 is 5.32 Å². The fraction of sp³-hybridized carbons (Fsp3) is 0.143. The lowest BCUT2D eigenvalue weighted by molar-refractivity contribution is -0.690. The van der Waals surface area contributed by atoms with Crippen LogP contribution in [0.1, 0.15) is 5.69 Å². The van der Waals surface area contributed by atoms with Crippen molar-refractivity contribution < 1.29 is 9.36 Å². The van der Waals surface area contributed by atoms with Gasteiger partial charge in [-0.3, -0.25) is 4.79 Å². The molecule has 1 aromatic heterocycles. The van der Waals surface area contributed by atoms with Gasteiger partial charge in [0.1, 0.15) is 0 Å². The molecule has 92 valence electrons. The van der Waals surface area contributed by atoms with Gasteiger partial charge in [-0.25, -0.2) is 0 Å². The molecule has 2 rings (SSSR count). The molecule has 2 aromatic rings. The highest BCUT2D eigenvalue weighted by Gasteiger charge is 2.12. The highest BCUT2D eigenvalue weighted by Crippen LogP contribution is 2.20. The average molecular weight is 306 g/mol. The lowest BCUT2D eigenvalue weighted by atomic mass is 10.3. The third kappa shape index (κ3) is 3.17. The molecule has 1 N–H and O–H groups in total. The van der Waals surface area contributed by atoms with Gasteiger partial charge in [-0.05, 0) is 28.1 Å². The first kappa shape index (κ1) is 12.8. The third-order valence-electron chi connectivity index (χ3n) is 2.63. The van der Waals surface area contributed by atoms with Gasteiger partial charge in [0.05, 0.1) is 5.69 Å². The Kier molecular flexibility index (Phi) is 4.10. The van der Waals surface area contributed by atoms with Crippen LogP contribution in [0.25, 0.3) is 0 Å². The number of hydrogen-bond acceptors (Lipinski definition) is 1. The molecule has 0 bridgehead atoms. The lowest BCUT2D eigenvalue weighted by Crippen LogP contribution is -2.42. The minimum absolute atomic E-state index is 0.0406. The highest BCUT2D eigenvalue weighted by atomic mass is 79.9. The summed E-state index contributed by atoms with van der Waals surface area (Å²) in [4.78, 5) is 11.9. The molecule has 0 unspecified atom stereocenters. The van der Waals surface area contributed by atoms with Crippen molar-refractivity contribution in [3.8, 4) is 0 Å². The minimum Gasteiger partial charge on any atom is -0.320 e. The first-order valence-corrected chi connectivity index (χ1v) is 6.45. The first-order chi connectivity index (χ1) is 8.66. The monoisotopic (exact) mass is 305 g/mol. The number of carbonyl (C=O) groups is 1. The van der Waals surface area contributed by atoms with Crippen LogP contribution in [0, 0.1) is 6.92 Å². The predicted molar refractivity (Wildman–Crippen MR) is 74.1 cm³/mol. The van der Waals surface area contributed by atoms with Crippen molar-refractivity contribution in [3.05, 3.63) is 58.8 Å². The molecule has 18 heavy (non-hydrogen) atoms. The second kappa shape index (κ2) is 5.78. The van der Waals surface area contributed by atoms with Gasteiger partial charge in [0, 0.05) is 23.5 Å². The molecule has 0 aliphatic carbocycles. The Morgan fingerprint density at radius 2 is 1.94 bits per heavy atom. The van der Waals surface area contributed by atoms with Gasteiger partial charge in [0.2, 0.25) is 6.54 Å². The highest BCUT2D eigenvalue weighted by molar-refractivity contribution is 9.10. The zero-order chi connectivity index (χ0) is 13.0. The van der Waals surface area contributed by atoms with Crippen LogP contribution in [0.3, 0.4) is 0 Å². The molecule has 0 aliphatic heterocycles. The lowest BCUT2D eigenvalue weighted by Gasteiger charge is -2.05. The van der Waals surface area contributed by atoms with Crippen molar-refractivity contribution in [1.29, 1.82) is 0 Å². The van der Waals surface area contributed by atoms with E-state index in [-0.39, 0.29) is 5.91 Å². The fourth-order valence-electron chi connectivity index (χ4n) is 1.65. The average Bonchev–Trinajstić information content (AvgIpc) is 2.35. The molecule has 0 spiro atoms. The largest absolute Gasteiger partial charge is 0.320 e. The quantitative estimate of drug-likeness (QED) is 0.869. The summed E-state index contributed by atoms with van der Waals surface area (Å²) in [6.45, 7) is 2.29. The standard InChI is InChI=1S/C14H13BrN2O/c1-11-6-4-5-9-17(11)10-14(18)16-13-8-3-2-7-12(13)15/h2-9H,10H2,1H3/p+1. The number of hydrogen-bond donors (Lipinski definition) is 1. The summed E-state index contributed by atoms with van der Waals surface area (Å²) in [6, 6.07) is 13.4. The zero-order valence-electron chi connectivity index (χ0n) is 10.1. The van der Waals surface area contributed by atoms with Crippen LogP contribution in [0.4, 0.5) is 5.69 Å². The molecular formula is C14H14BrN2O+. The van der Waals surface area contributed by atoms with Crippen LogP contribution < -0.4 is 9.88 Å². The minimum atomic E-state index is -0.0406. The number of halogens is 1. The van der Waals surface area contributed by atoms with E-state index in [4.69, 9.17) is 0 Å². The van der Waals surface area contributed by atoms with Crippen LogP contribution in [0.5, 0.6) is 0 Å². The molecule has 1 heterocycles. The van der Waals surface area contributed by atoms with E-state index in [1.54, 1.807) is 0 Å². The van der Waals surface area contributed by atoms with E-state index in [0.29, 0.717) is 6.54 Å². The molecule has 3 nitrogen and oxygen atoms in total. The summed E-state index contributed by atoms with van der Waals surface area (Å²) in [6.07, 6.45) is 1.90. The maximum Gasteiger partial charge on any atom is 0.290 e. The summed E-state index contributed by atoms with van der Waals surface area (Å²) in [5.74, 6) is -0.0406. The molecule has 0 radical (unpaired) electrons. The van der Waals surface area contributed by atoms with Crippen molar-refractivity contribution in [2.45, 2.75) is 13.5 Å². The first-order valence-electron chi connectivity index (χ1n) is 5.66. The van der Waals surface area contributed by atoms with Gasteiger partial charge in [-0.2, -0.15) is 4.57 Å². The van der Waals surface area contributed by atoms with Gasteiger partial charge >= 0.3 is 0 Å². The van der Waals surface area contributed by atoms with Gasteiger partial charge in [-0.15, -0.1) is 0 Å². The van der Waals surface area contributed by atoms with Crippen molar-refractivity contribution in [2.75, 3.05) is 5.32 Å². The Morgan fingerprint density at radius 1 is 1.22 bits per heavy atom.